The molecular weight excluding hydrogens is 301 g/mol. The fourth-order valence-corrected chi connectivity index (χ4v) is 2.53. The van der Waals surface area contributed by atoms with Gasteiger partial charge in [-0.1, -0.05) is 23.9 Å². The minimum Gasteiger partial charge on any atom is -0.301 e. The fraction of sp³-hybridized carbons (Fsp3) is 0.0625. The SMILES string of the molecule is CSc1nc(-c2ccncc2)c(-c2ccc(F)cc2)c(=O)[nH]1. The standard InChI is InChI=1S/C16H12FN3OS/c1-22-16-19-14(11-6-8-18-9-7-11)13(15(21)20-16)10-2-4-12(17)5-3-10/h2-9H,1H3,(H,19,20,21). The fourth-order valence-electron chi connectivity index (χ4n) is 2.15. The molecule has 6 heteroatoms. The Kier molecular flexibility index (Phi) is 4.02. The van der Waals surface area contributed by atoms with E-state index >= 15 is 0 Å². The molecule has 110 valence electrons. The van der Waals surface area contributed by atoms with Crippen LogP contribution in [-0.4, -0.2) is 21.2 Å². The number of benzene rings is 1. The van der Waals surface area contributed by atoms with Crippen molar-refractivity contribution in [3.63, 3.8) is 0 Å². The Morgan fingerprint density at radius 1 is 1.05 bits per heavy atom. The van der Waals surface area contributed by atoms with Gasteiger partial charge in [-0.25, -0.2) is 9.37 Å². The van der Waals surface area contributed by atoms with Crippen molar-refractivity contribution in [2.45, 2.75) is 5.16 Å². The summed E-state index contributed by atoms with van der Waals surface area (Å²) in [6.45, 7) is 0. The van der Waals surface area contributed by atoms with Crippen LogP contribution in [0.4, 0.5) is 4.39 Å². The van der Waals surface area contributed by atoms with Crippen LogP contribution >= 0.6 is 11.8 Å². The molecule has 1 N–H and O–H groups in total. The third-order valence-corrected chi connectivity index (χ3v) is 3.76. The monoisotopic (exact) mass is 313 g/mol. The van der Waals surface area contributed by atoms with Crippen molar-refractivity contribution >= 4 is 11.8 Å². The van der Waals surface area contributed by atoms with Crippen LogP contribution in [-0.2, 0) is 0 Å². The second-order valence-corrected chi connectivity index (χ2v) is 5.34. The average Bonchev–Trinajstić information content (AvgIpc) is 2.56. The molecule has 2 heterocycles. The molecule has 3 rings (SSSR count). The summed E-state index contributed by atoms with van der Waals surface area (Å²) in [6.07, 6.45) is 5.13. The van der Waals surface area contributed by atoms with Crippen molar-refractivity contribution < 1.29 is 4.39 Å². The molecule has 0 radical (unpaired) electrons. The van der Waals surface area contributed by atoms with Crippen LogP contribution in [0.2, 0.25) is 0 Å². The first-order valence-corrected chi connectivity index (χ1v) is 7.76. The molecule has 0 aliphatic heterocycles. The maximum Gasteiger partial charge on any atom is 0.260 e. The number of hydrogen-bond donors (Lipinski definition) is 1. The van der Waals surface area contributed by atoms with Crippen molar-refractivity contribution in [1.82, 2.24) is 15.0 Å². The van der Waals surface area contributed by atoms with Gasteiger partial charge >= 0.3 is 0 Å². The lowest BCUT2D eigenvalue weighted by Crippen LogP contribution is -2.13. The van der Waals surface area contributed by atoms with Crippen LogP contribution in [0.1, 0.15) is 0 Å². The molecule has 0 aliphatic carbocycles. The second-order valence-electron chi connectivity index (χ2n) is 4.54. The van der Waals surface area contributed by atoms with Gasteiger partial charge < -0.3 is 4.98 Å². The van der Waals surface area contributed by atoms with E-state index in [2.05, 4.69) is 15.0 Å². The van der Waals surface area contributed by atoms with E-state index in [9.17, 15) is 9.18 Å². The first kappa shape index (κ1) is 14.5. The molecule has 0 fully saturated rings. The lowest BCUT2D eigenvalue weighted by atomic mass is 10.0. The first-order chi connectivity index (χ1) is 10.7. The zero-order valence-electron chi connectivity index (χ0n) is 11.7. The summed E-state index contributed by atoms with van der Waals surface area (Å²) in [6, 6.07) is 9.38. The second kappa shape index (κ2) is 6.11. The molecule has 0 saturated carbocycles. The molecule has 0 atom stereocenters. The van der Waals surface area contributed by atoms with Crippen LogP contribution in [0, 0.1) is 5.82 Å². The van der Waals surface area contributed by atoms with Crippen molar-refractivity contribution in [2.24, 2.45) is 0 Å². The van der Waals surface area contributed by atoms with E-state index in [1.165, 1.54) is 23.9 Å². The van der Waals surface area contributed by atoms with Gasteiger partial charge in [0.2, 0.25) is 0 Å². The van der Waals surface area contributed by atoms with Crippen molar-refractivity contribution in [1.29, 1.82) is 0 Å². The summed E-state index contributed by atoms with van der Waals surface area (Å²) >= 11 is 1.36. The lowest BCUT2D eigenvalue weighted by molar-refractivity contribution is 0.628. The summed E-state index contributed by atoms with van der Waals surface area (Å²) < 4.78 is 13.1. The number of rotatable bonds is 3. The van der Waals surface area contributed by atoms with Gasteiger partial charge in [-0.2, -0.15) is 0 Å². The van der Waals surface area contributed by atoms with Gasteiger partial charge in [0, 0.05) is 18.0 Å². The zero-order chi connectivity index (χ0) is 15.5. The Balaban J connectivity index is 2.29. The lowest BCUT2D eigenvalue weighted by Gasteiger charge is -2.10. The van der Waals surface area contributed by atoms with Crippen LogP contribution in [0.15, 0.2) is 58.7 Å². The minimum absolute atomic E-state index is 0.252. The number of aromatic amines is 1. The number of thioether (sulfide) groups is 1. The topological polar surface area (TPSA) is 58.6 Å². The highest BCUT2D eigenvalue weighted by Crippen LogP contribution is 2.28. The number of hydrogen-bond acceptors (Lipinski definition) is 4. The van der Waals surface area contributed by atoms with Gasteiger partial charge in [-0.15, -0.1) is 0 Å². The molecule has 3 aromatic rings. The molecule has 0 amide bonds. The van der Waals surface area contributed by atoms with E-state index in [1.54, 1.807) is 36.7 Å². The van der Waals surface area contributed by atoms with Crippen LogP contribution in [0.3, 0.4) is 0 Å². The number of nitrogens with zero attached hydrogens (tertiary/aromatic N) is 2. The molecule has 0 saturated heterocycles. The van der Waals surface area contributed by atoms with Gasteiger partial charge in [0.15, 0.2) is 5.16 Å². The van der Waals surface area contributed by atoms with E-state index in [0.717, 1.165) is 5.56 Å². The Morgan fingerprint density at radius 2 is 1.73 bits per heavy atom. The molecule has 0 spiro atoms. The Hall–Kier alpha value is -2.47. The Bertz CT molecular complexity index is 848. The maximum absolute atomic E-state index is 13.1. The van der Waals surface area contributed by atoms with Gasteiger partial charge in [0.1, 0.15) is 5.82 Å². The summed E-state index contributed by atoms with van der Waals surface area (Å²) in [5.74, 6) is -0.348. The van der Waals surface area contributed by atoms with Gasteiger partial charge in [-0.05, 0) is 36.1 Å². The van der Waals surface area contributed by atoms with Crippen molar-refractivity contribution in [3.8, 4) is 22.4 Å². The molecule has 0 aliphatic rings. The molecule has 2 aromatic heterocycles. The van der Waals surface area contributed by atoms with E-state index in [0.29, 0.717) is 22.0 Å². The molecule has 0 unspecified atom stereocenters. The number of aromatic nitrogens is 3. The molecule has 22 heavy (non-hydrogen) atoms. The highest BCUT2D eigenvalue weighted by molar-refractivity contribution is 7.98. The molecule has 1 aromatic carbocycles. The van der Waals surface area contributed by atoms with Crippen LogP contribution < -0.4 is 5.56 Å². The van der Waals surface area contributed by atoms with Crippen molar-refractivity contribution in [2.75, 3.05) is 6.26 Å². The predicted octanol–water partition coefficient (Wildman–Crippen LogP) is 3.36. The summed E-state index contributed by atoms with van der Waals surface area (Å²) in [5, 5.41) is 0.530. The molecular formula is C16H12FN3OS. The Morgan fingerprint density at radius 3 is 2.36 bits per heavy atom. The summed E-state index contributed by atoms with van der Waals surface area (Å²) in [5.41, 5.74) is 2.13. The van der Waals surface area contributed by atoms with Gasteiger partial charge in [-0.3, -0.25) is 9.78 Å². The van der Waals surface area contributed by atoms with E-state index in [1.807, 2.05) is 6.26 Å². The number of halogens is 1. The first-order valence-electron chi connectivity index (χ1n) is 6.53. The summed E-state index contributed by atoms with van der Waals surface area (Å²) in [4.78, 5) is 23.7. The number of pyridine rings is 1. The smallest absolute Gasteiger partial charge is 0.260 e. The highest BCUT2D eigenvalue weighted by Gasteiger charge is 2.15. The third-order valence-electron chi connectivity index (χ3n) is 3.18. The normalized spacial score (nSPS) is 10.6. The minimum atomic E-state index is -0.348. The van der Waals surface area contributed by atoms with E-state index < -0.39 is 0 Å². The van der Waals surface area contributed by atoms with E-state index in [-0.39, 0.29) is 11.4 Å². The van der Waals surface area contributed by atoms with Crippen LogP contribution in [0.25, 0.3) is 22.4 Å². The van der Waals surface area contributed by atoms with Crippen molar-refractivity contribution in [3.05, 3.63) is 65.0 Å². The molecule has 0 bridgehead atoms. The predicted molar refractivity (Wildman–Crippen MR) is 85.3 cm³/mol. The third kappa shape index (κ3) is 2.78. The van der Waals surface area contributed by atoms with Gasteiger partial charge in [0.05, 0.1) is 11.3 Å². The Labute approximate surface area is 130 Å². The highest BCUT2D eigenvalue weighted by atomic mass is 32.2. The number of H-pyrrole nitrogens is 1. The summed E-state index contributed by atoms with van der Waals surface area (Å²) in [7, 11) is 0. The zero-order valence-corrected chi connectivity index (χ0v) is 12.5. The van der Waals surface area contributed by atoms with Crippen LogP contribution in [0.5, 0.6) is 0 Å². The largest absolute Gasteiger partial charge is 0.301 e. The van der Waals surface area contributed by atoms with Gasteiger partial charge in [0.25, 0.3) is 5.56 Å². The maximum atomic E-state index is 13.1. The quantitative estimate of drug-likeness (QED) is 0.595. The molecule has 4 nitrogen and oxygen atoms in total. The number of nitrogens with one attached hydrogen (secondary N) is 1. The van der Waals surface area contributed by atoms with E-state index in [4.69, 9.17) is 0 Å². The average molecular weight is 313 g/mol.